The minimum absolute atomic E-state index is 0. The molecule has 0 radical (unpaired) electrons. The van der Waals surface area contributed by atoms with Crippen molar-refractivity contribution in [2.75, 3.05) is 14.1 Å². The molecule has 12 heavy (non-hydrogen) atoms. The SMILES string of the molecule is CC.CN(C)C1CCC(N)CC1.[HH]. The van der Waals surface area contributed by atoms with E-state index in [2.05, 4.69) is 19.0 Å². The molecule has 0 bridgehead atoms. The first-order valence-corrected chi connectivity index (χ1v) is 5.12. The Balaban J connectivity index is 0. The highest BCUT2D eigenvalue weighted by atomic mass is 15.1. The van der Waals surface area contributed by atoms with Crippen molar-refractivity contribution in [3.63, 3.8) is 0 Å². The van der Waals surface area contributed by atoms with Crippen molar-refractivity contribution in [3.8, 4) is 0 Å². The van der Waals surface area contributed by atoms with Gasteiger partial charge in [-0.05, 0) is 39.8 Å². The summed E-state index contributed by atoms with van der Waals surface area (Å²) in [6, 6.07) is 1.27. The Morgan fingerprint density at radius 2 is 1.50 bits per heavy atom. The van der Waals surface area contributed by atoms with Gasteiger partial charge in [-0.2, -0.15) is 0 Å². The Bertz CT molecular complexity index is 99.1. The molecule has 1 aliphatic rings. The Morgan fingerprint density at radius 3 is 1.83 bits per heavy atom. The highest BCUT2D eigenvalue weighted by molar-refractivity contribution is 4.78. The molecule has 1 saturated carbocycles. The summed E-state index contributed by atoms with van der Waals surface area (Å²) in [6.45, 7) is 4.00. The van der Waals surface area contributed by atoms with Crippen LogP contribution in [-0.2, 0) is 0 Å². The van der Waals surface area contributed by atoms with Gasteiger partial charge in [-0.25, -0.2) is 0 Å². The van der Waals surface area contributed by atoms with Crippen LogP contribution in [0.25, 0.3) is 0 Å². The van der Waals surface area contributed by atoms with Gasteiger partial charge in [0.05, 0.1) is 0 Å². The molecule has 2 heteroatoms. The maximum Gasteiger partial charge on any atom is 0.00903 e. The van der Waals surface area contributed by atoms with Gasteiger partial charge in [0.25, 0.3) is 0 Å². The van der Waals surface area contributed by atoms with Crippen molar-refractivity contribution in [2.24, 2.45) is 5.73 Å². The van der Waals surface area contributed by atoms with E-state index in [-0.39, 0.29) is 1.43 Å². The van der Waals surface area contributed by atoms with E-state index in [0.29, 0.717) is 6.04 Å². The van der Waals surface area contributed by atoms with Crippen LogP contribution in [0, 0.1) is 0 Å². The van der Waals surface area contributed by atoms with Crippen molar-refractivity contribution in [1.29, 1.82) is 0 Å². The molecular weight excluding hydrogens is 148 g/mol. The van der Waals surface area contributed by atoms with Gasteiger partial charge >= 0.3 is 0 Å². The zero-order valence-corrected chi connectivity index (χ0v) is 9.01. The van der Waals surface area contributed by atoms with Crippen LogP contribution in [0.4, 0.5) is 0 Å². The summed E-state index contributed by atoms with van der Waals surface area (Å²) < 4.78 is 0. The Hall–Kier alpha value is -0.0800. The van der Waals surface area contributed by atoms with Gasteiger partial charge < -0.3 is 10.6 Å². The molecule has 0 aromatic rings. The Labute approximate surface area is 78.6 Å². The van der Waals surface area contributed by atoms with Crippen molar-refractivity contribution < 1.29 is 1.43 Å². The van der Waals surface area contributed by atoms with Gasteiger partial charge in [-0.1, -0.05) is 13.8 Å². The van der Waals surface area contributed by atoms with E-state index in [1.165, 1.54) is 25.7 Å². The van der Waals surface area contributed by atoms with Gasteiger partial charge in [-0.15, -0.1) is 0 Å². The van der Waals surface area contributed by atoms with Crippen LogP contribution in [0.1, 0.15) is 41.0 Å². The molecule has 0 saturated heterocycles. The van der Waals surface area contributed by atoms with Crippen LogP contribution < -0.4 is 5.73 Å². The number of hydrogen-bond acceptors (Lipinski definition) is 2. The lowest BCUT2D eigenvalue weighted by Gasteiger charge is -2.30. The smallest absolute Gasteiger partial charge is 0.00903 e. The molecule has 0 amide bonds. The monoisotopic (exact) mass is 174 g/mol. The maximum atomic E-state index is 5.78. The van der Waals surface area contributed by atoms with E-state index in [1.54, 1.807) is 0 Å². The van der Waals surface area contributed by atoms with E-state index >= 15 is 0 Å². The van der Waals surface area contributed by atoms with Crippen molar-refractivity contribution in [3.05, 3.63) is 0 Å². The summed E-state index contributed by atoms with van der Waals surface area (Å²) in [5, 5.41) is 0. The molecule has 0 atom stereocenters. The van der Waals surface area contributed by atoms with Gasteiger partial charge in [0.1, 0.15) is 0 Å². The third-order valence-electron chi connectivity index (χ3n) is 2.47. The van der Waals surface area contributed by atoms with E-state index in [1.807, 2.05) is 13.8 Å². The molecular formula is C10H26N2. The topological polar surface area (TPSA) is 29.3 Å². The second kappa shape index (κ2) is 6.44. The molecule has 0 aromatic carbocycles. The summed E-state index contributed by atoms with van der Waals surface area (Å²) in [5.41, 5.74) is 5.78. The number of rotatable bonds is 1. The van der Waals surface area contributed by atoms with Crippen LogP contribution in [0.2, 0.25) is 0 Å². The molecule has 1 rings (SSSR count). The standard InChI is InChI=1S/C8H18N2.C2H6.H2/c1-10(2)8-5-3-7(9)4-6-8;1-2;/h7-8H,3-6,9H2,1-2H3;1-2H3;1H. The molecule has 2 nitrogen and oxygen atoms in total. The summed E-state index contributed by atoms with van der Waals surface area (Å²) in [6.07, 6.45) is 4.99. The fourth-order valence-electron chi connectivity index (χ4n) is 1.62. The highest BCUT2D eigenvalue weighted by Gasteiger charge is 2.19. The van der Waals surface area contributed by atoms with Crippen molar-refractivity contribution in [2.45, 2.75) is 51.6 Å². The molecule has 0 heterocycles. The maximum absolute atomic E-state index is 5.78. The quantitative estimate of drug-likeness (QED) is 0.659. The summed E-state index contributed by atoms with van der Waals surface area (Å²) in [4.78, 5) is 2.31. The zero-order chi connectivity index (χ0) is 9.56. The van der Waals surface area contributed by atoms with Crippen LogP contribution in [0.3, 0.4) is 0 Å². The lowest BCUT2D eigenvalue weighted by molar-refractivity contribution is 0.217. The first kappa shape index (κ1) is 11.9. The lowest BCUT2D eigenvalue weighted by atomic mass is 9.91. The van der Waals surface area contributed by atoms with Gasteiger partial charge in [-0.3, -0.25) is 0 Å². The fourth-order valence-corrected chi connectivity index (χ4v) is 1.62. The molecule has 76 valence electrons. The fraction of sp³-hybridized carbons (Fsp3) is 1.00. The predicted molar refractivity (Wildman–Crippen MR) is 57.4 cm³/mol. The third kappa shape index (κ3) is 4.07. The Kier molecular flexibility index (Phi) is 6.39. The predicted octanol–water partition coefficient (Wildman–Crippen LogP) is 2.09. The van der Waals surface area contributed by atoms with Crippen LogP contribution in [0.5, 0.6) is 0 Å². The first-order chi connectivity index (χ1) is 5.70. The van der Waals surface area contributed by atoms with E-state index in [9.17, 15) is 0 Å². The lowest BCUT2D eigenvalue weighted by Crippen LogP contribution is -2.36. The van der Waals surface area contributed by atoms with E-state index in [0.717, 1.165) is 6.04 Å². The van der Waals surface area contributed by atoms with Crippen LogP contribution in [0.15, 0.2) is 0 Å². The van der Waals surface area contributed by atoms with Crippen molar-refractivity contribution >= 4 is 0 Å². The van der Waals surface area contributed by atoms with Gasteiger partial charge in [0, 0.05) is 13.5 Å². The normalized spacial score (nSPS) is 29.5. The Morgan fingerprint density at radius 1 is 1.08 bits per heavy atom. The highest BCUT2D eigenvalue weighted by Crippen LogP contribution is 2.19. The molecule has 0 spiro atoms. The number of nitrogens with two attached hydrogens (primary N) is 1. The van der Waals surface area contributed by atoms with Crippen molar-refractivity contribution in [1.82, 2.24) is 4.90 Å². The largest absolute Gasteiger partial charge is 0.328 e. The average Bonchev–Trinajstić information content (AvgIpc) is 2.09. The molecule has 1 aliphatic carbocycles. The molecule has 0 unspecified atom stereocenters. The second-order valence-corrected chi connectivity index (χ2v) is 3.53. The van der Waals surface area contributed by atoms with Gasteiger partial charge in [0.15, 0.2) is 0 Å². The average molecular weight is 174 g/mol. The molecule has 0 aromatic heterocycles. The van der Waals surface area contributed by atoms with E-state index in [4.69, 9.17) is 5.73 Å². The minimum atomic E-state index is 0. The van der Waals surface area contributed by atoms with Crippen LogP contribution in [-0.4, -0.2) is 31.1 Å². The molecule has 1 fully saturated rings. The third-order valence-corrected chi connectivity index (χ3v) is 2.47. The van der Waals surface area contributed by atoms with E-state index < -0.39 is 0 Å². The second-order valence-electron chi connectivity index (χ2n) is 3.53. The molecule has 2 N–H and O–H groups in total. The summed E-state index contributed by atoms with van der Waals surface area (Å²) in [5.74, 6) is 0. The number of hydrogen-bond donors (Lipinski definition) is 1. The number of nitrogens with zero attached hydrogens (tertiary/aromatic N) is 1. The summed E-state index contributed by atoms with van der Waals surface area (Å²) in [7, 11) is 4.31. The molecule has 0 aliphatic heterocycles. The summed E-state index contributed by atoms with van der Waals surface area (Å²) >= 11 is 0. The zero-order valence-electron chi connectivity index (χ0n) is 9.01. The van der Waals surface area contributed by atoms with Crippen LogP contribution >= 0.6 is 0 Å². The first-order valence-electron chi connectivity index (χ1n) is 5.12. The minimum Gasteiger partial charge on any atom is -0.328 e. The van der Waals surface area contributed by atoms with Gasteiger partial charge in [0.2, 0.25) is 0 Å².